The minimum atomic E-state index is -0.507. The fourth-order valence-electron chi connectivity index (χ4n) is 8.20. The highest BCUT2D eigenvalue weighted by molar-refractivity contribution is 5.93. The number of fused-ring (bicyclic) bond motifs is 1. The molecule has 3 aliphatic rings. The van der Waals surface area contributed by atoms with Crippen LogP contribution in [0.1, 0.15) is 77.7 Å². The first-order valence-corrected chi connectivity index (χ1v) is 19.2. The van der Waals surface area contributed by atoms with E-state index >= 15 is 0 Å². The van der Waals surface area contributed by atoms with Crippen molar-refractivity contribution in [1.29, 1.82) is 0 Å². The normalized spacial score (nSPS) is 23.8. The number of amides is 1. The Labute approximate surface area is 312 Å². The first-order valence-electron chi connectivity index (χ1n) is 19.2. The molecule has 0 bridgehead atoms. The van der Waals surface area contributed by atoms with Gasteiger partial charge in [-0.2, -0.15) is 0 Å². The third-order valence-corrected chi connectivity index (χ3v) is 11.3. The molecule has 3 saturated heterocycles. The largest absolute Gasteiger partial charge is 0.392 e. The number of para-hydroxylation sites is 2. The summed E-state index contributed by atoms with van der Waals surface area (Å²) in [5, 5.41) is 12.7. The van der Waals surface area contributed by atoms with E-state index in [-0.39, 0.29) is 30.6 Å². The summed E-state index contributed by atoms with van der Waals surface area (Å²) < 4.78 is 13.7. The van der Waals surface area contributed by atoms with Crippen molar-refractivity contribution in [3.8, 4) is 11.1 Å². The molecule has 1 aromatic heterocycles. The van der Waals surface area contributed by atoms with E-state index in [4.69, 9.17) is 9.47 Å². The van der Waals surface area contributed by atoms with Crippen molar-refractivity contribution < 1.29 is 19.4 Å². The summed E-state index contributed by atoms with van der Waals surface area (Å²) >= 11 is 0. The van der Waals surface area contributed by atoms with Gasteiger partial charge in [0, 0.05) is 37.2 Å². The minimum Gasteiger partial charge on any atom is -0.392 e. The molecule has 9 heteroatoms. The predicted octanol–water partition coefficient (Wildman–Crippen LogP) is 7.07. The molecule has 0 saturated carbocycles. The lowest BCUT2D eigenvalue weighted by atomic mass is 9.89. The molecule has 53 heavy (non-hydrogen) atoms. The summed E-state index contributed by atoms with van der Waals surface area (Å²) in [7, 11) is 0. The van der Waals surface area contributed by atoms with Gasteiger partial charge in [-0.25, -0.2) is 4.98 Å². The van der Waals surface area contributed by atoms with Gasteiger partial charge in [0.05, 0.1) is 36.0 Å². The van der Waals surface area contributed by atoms with Crippen molar-refractivity contribution in [1.82, 2.24) is 25.1 Å². The molecule has 5 unspecified atom stereocenters. The number of aliphatic hydroxyl groups excluding tert-OH is 1. The smallest absolute Gasteiger partial charge is 0.271 e. The number of aromatic nitrogens is 2. The third kappa shape index (κ3) is 8.20. The van der Waals surface area contributed by atoms with Crippen LogP contribution in [0.4, 0.5) is 0 Å². The molecule has 1 amide bonds. The van der Waals surface area contributed by atoms with Crippen LogP contribution in [-0.4, -0.2) is 75.7 Å². The highest BCUT2D eigenvalue weighted by atomic mass is 16.7. The van der Waals surface area contributed by atoms with Gasteiger partial charge in [0.1, 0.15) is 5.69 Å². The Kier molecular flexibility index (Phi) is 10.9. The number of carbonyl (C=O) groups excluding carboxylic acids is 1. The van der Waals surface area contributed by atoms with Crippen LogP contribution in [0, 0.1) is 5.92 Å². The molecule has 0 radical (unpaired) electrons. The first-order chi connectivity index (χ1) is 26.0. The number of carbonyl (C=O) groups is 1. The van der Waals surface area contributed by atoms with E-state index in [1.54, 1.807) is 0 Å². The minimum absolute atomic E-state index is 0.00241. The van der Waals surface area contributed by atoms with Gasteiger partial charge in [0.2, 0.25) is 0 Å². The van der Waals surface area contributed by atoms with Crippen LogP contribution >= 0.6 is 0 Å². The lowest BCUT2D eigenvalue weighted by Crippen LogP contribution is -2.48. The van der Waals surface area contributed by atoms with E-state index in [0.717, 1.165) is 58.5 Å². The van der Waals surface area contributed by atoms with E-state index < -0.39 is 6.29 Å². The maximum absolute atomic E-state index is 12.9. The Hall–Kier alpha value is -4.51. The zero-order valence-corrected chi connectivity index (χ0v) is 30.4. The predicted molar refractivity (Wildman–Crippen MR) is 206 cm³/mol. The van der Waals surface area contributed by atoms with E-state index in [0.29, 0.717) is 23.8 Å². The number of likely N-dealkylation sites (tertiary alicyclic amines) is 2. The second-order valence-electron chi connectivity index (χ2n) is 14.9. The second kappa shape index (κ2) is 16.2. The number of ether oxygens (including phenoxy) is 2. The number of hydrogen-bond donors (Lipinski definition) is 2. The third-order valence-electron chi connectivity index (χ3n) is 11.3. The Morgan fingerprint density at radius 3 is 2.38 bits per heavy atom. The summed E-state index contributed by atoms with van der Waals surface area (Å²) in [4.78, 5) is 27.1. The van der Waals surface area contributed by atoms with Crippen LogP contribution in [0.2, 0.25) is 0 Å². The number of nitrogens with zero attached hydrogens (tertiary/aromatic N) is 4. The molecule has 3 fully saturated rings. The molecule has 0 aliphatic carbocycles. The highest BCUT2D eigenvalue weighted by Crippen LogP contribution is 2.42. The quantitative estimate of drug-likeness (QED) is 0.150. The molecule has 5 aromatic rings. The van der Waals surface area contributed by atoms with Gasteiger partial charge in [-0.15, -0.1) is 0 Å². The Morgan fingerprint density at radius 1 is 0.811 bits per heavy atom. The number of rotatable bonds is 11. The van der Waals surface area contributed by atoms with E-state index in [1.807, 2.05) is 48.5 Å². The van der Waals surface area contributed by atoms with Gasteiger partial charge in [0.25, 0.3) is 5.91 Å². The highest BCUT2D eigenvalue weighted by Gasteiger charge is 2.41. The van der Waals surface area contributed by atoms with Gasteiger partial charge in [-0.05, 0) is 91.3 Å². The molecule has 4 aromatic carbocycles. The zero-order chi connectivity index (χ0) is 36.1. The van der Waals surface area contributed by atoms with Gasteiger partial charge in [-0.3, -0.25) is 14.7 Å². The van der Waals surface area contributed by atoms with Crippen molar-refractivity contribution in [2.45, 2.75) is 70.3 Å². The number of benzene rings is 4. The molecule has 3 aliphatic heterocycles. The van der Waals surface area contributed by atoms with Crippen molar-refractivity contribution in [3.63, 3.8) is 0 Å². The molecule has 274 valence electrons. The summed E-state index contributed by atoms with van der Waals surface area (Å²) in [6.45, 7) is 8.25. The van der Waals surface area contributed by atoms with E-state index in [2.05, 4.69) is 80.5 Å². The Balaban J connectivity index is 0.966. The summed E-state index contributed by atoms with van der Waals surface area (Å²) in [6, 6.07) is 32.9. The molecule has 2 N–H and O–H groups in total. The monoisotopic (exact) mass is 711 g/mol. The SMILES string of the molecule is CC1C(CN2CCCC2CN2CCCC2)OC(c2ccc(-c3cccc(CNC(=O)c4cnc5ccccc5n4)c3)cc2)OC1c1ccc(CO)cc1. The maximum Gasteiger partial charge on any atom is 0.271 e. The molecular weight excluding hydrogens is 663 g/mol. The zero-order valence-electron chi connectivity index (χ0n) is 30.4. The van der Waals surface area contributed by atoms with Gasteiger partial charge < -0.3 is 24.8 Å². The topological polar surface area (TPSA) is 100 Å². The molecule has 5 atom stereocenters. The second-order valence-corrected chi connectivity index (χ2v) is 14.9. The average Bonchev–Trinajstić information content (AvgIpc) is 3.90. The van der Waals surface area contributed by atoms with Crippen LogP contribution in [0.5, 0.6) is 0 Å². The van der Waals surface area contributed by atoms with Crippen molar-refractivity contribution in [3.05, 3.63) is 131 Å². The summed E-state index contributed by atoms with van der Waals surface area (Å²) in [6.07, 6.45) is 5.99. The molecular formula is C44H49N5O4. The first kappa shape index (κ1) is 35.5. The van der Waals surface area contributed by atoms with Gasteiger partial charge in [0.15, 0.2) is 6.29 Å². The molecule has 9 nitrogen and oxygen atoms in total. The van der Waals surface area contributed by atoms with E-state index in [9.17, 15) is 9.90 Å². The van der Waals surface area contributed by atoms with Gasteiger partial charge >= 0.3 is 0 Å². The molecule has 8 rings (SSSR count). The summed E-state index contributed by atoms with van der Waals surface area (Å²) in [5.41, 5.74) is 7.86. The van der Waals surface area contributed by atoms with Crippen LogP contribution < -0.4 is 5.32 Å². The standard InChI is InChI=1S/C44H49N5O4/c1-30-41(28-49-23-7-10-37(49)27-48-21-4-5-22-48)52-44(53-42(30)34-15-13-31(29-50)14-16-34)35-19-17-33(18-20-35)36-9-6-8-32(24-36)25-46-43(51)40-26-45-38-11-2-3-12-39(38)47-40/h2-3,6,8-9,11-20,24,26,30,37,41-42,44,50H,4-5,7,10,21-23,25,27-29H2,1H3,(H,46,51). The lowest BCUT2D eigenvalue weighted by molar-refractivity contribution is -0.276. The molecule has 4 heterocycles. The lowest BCUT2D eigenvalue weighted by Gasteiger charge is -2.43. The molecule has 0 spiro atoms. The van der Waals surface area contributed by atoms with Gasteiger partial charge in [-0.1, -0.05) is 85.8 Å². The van der Waals surface area contributed by atoms with Crippen molar-refractivity contribution >= 4 is 16.9 Å². The fraction of sp³-hybridized carbons (Fsp3) is 0.386. The van der Waals surface area contributed by atoms with Crippen molar-refractivity contribution in [2.24, 2.45) is 5.92 Å². The maximum atomic E-state index is 12.9. The van der Waals surface area contributed by atoms with Crippen molar-refractivity contribution in [2.75, 3.05) is 32.7 Å². The number of nitrogens with one attached hydrogen (secondary N) is 1. The van der Waals surface area contributed by atoms with Crippen LogP contribution in [0.15, 0.2) is 103 Å². The van der Waals surface area contributed by atoms with E-state index in [1.165, 1.54) is 45.0 Å². The Morgan fingerprint density at radius 2 is 1.58 bits per heavy atom. The average molecular weight is 712 g/mol. The Bertz CT molecular complexity index is 2000. The summed E-state index contributed by atoms with van der Waals surface area (Å²) in [5.74, 6) is -0.109. The number of hydrogen-bond acceptors (Lipinski definition) is 8. The van der Waals surface area contributed by atoms with Crippen LogP contribution in [-0.2, 0) is 22.6 Å². The van der Waals surface area contributed by atoms with Crippen LogP contribution in [0.3, 0.4) is 0 Å². The number of aliphatic hydroxyl groups is 1. The fourth-order valence-corrected chi connectivity index (χ4v) is 8.20. The van der Waals surface area contributed by atoms with Crippen LogP contribution in [0.25, 0.3) is 22.2 Å².